The number of nitrogens with two attached hydrogens (primary N) is 1. The number of amides is 1. The van der Waals surface area contributed by atoms with E-state index in [1.165, 1.54) is 6.33 Å². The topological polar surface area (TPSA) is 96.7 Å². The highest BCUT2D eigenvalue weighted by Gasteiger charge is 2.18. The molecule has 0 saturated carbocycles. The predicted octanol–water partition coefficient (Wildman–Crippen LogP) is -0.206. The van der Waals surface area contributed by atoms with Crippen molar-refractivity contribution in [3.63, 3.8) is 0 Å². The lowest BCUT2D eigenvalue weighted by molar-refractivity contribution is -0.123. The Morgan fingerprint density at radius 1 is 1.73 bits per heavy atom. The van der Waals surface area contributed by atoms with E-state index in [2.05, 4.69) is 20.5 Å². The molecule has 0 spiro atoms. The van der Waals surface area contributed by atoms with Crippen LogP contribution in [0.1, 0.15) is 26.1 Å². The molecule has 1 rings (SSSR count). The smallest absolute Gasteiger partial charge is 0.237 e. The Bertz CT molecular complexity index is 297. The summed E-state index contributed by atoms with van der Waals surface area (Å²) in [6, 6.07) is -0.460. The molecule has 6 nitrogen and oxygen atoms in total. The molecule has 1 heterocycles. The van der Waals surface area contributed by atoms with E-state index >= 15 is 0 Å². The maximum absolute atomic E-state index is 11.5. The summed E-state index contributed by atoms with van der Waals surface area (Å²) in [6.45, 7) is 4.30. The molecule has 0 unspecified atom stereocenters. The van der Waals surface area contributed by atoms with Gasteiger partial charge in [0, 0.05) is 0 Å². The number of aromatic amines is 1. The van der Waals surface area contributed by atoms with Crippen molar-refractivity contribution in [1.29, 1.82) is 0 Å². The number of nitrogens with zero attached hydrogens (tertiary/aromatic N) is 2. The zero-order valence-electron chi connectivity index (χ0n) is 9.03. The zero-order chi connectivity index (χ0) is 11.3. The van der Waals surface area contributed by atoms with Crippen LogP contribution in [-0.2, 0) is 11.3 Å². The second-order valence-electron chi connectivity index (χ2n) is 3.56. The second kappa shape index (κ2) is 5.45. The highest BCUT2D eigenvalue weighted by molar-refractivity contribution is 5.81. The normalized spacial score (nSPS) is 14.6. The highest BCUT2D eigenvalue weighted by Crippen LogP contribution is 2.04. The van der Waals surface area contributed by atoms with Gasteiger partial charge in [0.1, 0.15) is 12.2 Å². The van der Waals surface area contributed by atoms with Crippen LogP contribution in [0.5, 0.6) is 0 Å². The molecule has 0 aliphatic carbocycles. The van der Waals surface area contributed by atoms with Gasteiger partial charge in [-0.15, -0.1) is 0 Å². The standard InChI is InChI=1S/C9H17N5O/c1-3-6(2)8(10)9(15)11-4-7-12-5-13-14-7/h5-6,8H,3-4,10H2,1-2H3,(H,11,15)(H,12,13,14)/t6-,8-/m0/s1. The lowest BCUT2D eigenvalue weighted by atomic mass is 9.99. The molecule has 1 amide bonds. The highest BCUT2D eigenvalue weighted by atomic mass is 16.2. The monoisotopic (exact) mass is 211 g/mol. The van der Waals surface area contributed by atoms with Crippen LogP contribution < -0.4 is 11.1 Å². The first-order valence-electron chi connectivity index (χ1n) is 5.02. The third kappa shape index (κ3) is 3.32. The van der Waals surface area contributed by atoms with Gasteiger partial charge in [0.2, 0.25) is 5.91 Å². The molecule has 0 bridgehead atoms. The fourth-order valence-electron chi connectivity index (χ4n) is 1.12. The predicted molar refractivity (Wildman–Crippen MR) is 55.7 cm³/mol. The molecule has 2 atom stereocenters. The molecule has 0 aliphatic rings. The van der Waals surface area contributed by atoms with Crippen LogP contribution in [0.15, 0.2) is 6.33 Å². The van der Waals surface area contributed by atoms with E-state index in [0.717, 1.165) is 6.42 Å². The van der Waals surface area contributed by atoms with E-state index in [9.17, 15) is 4.79 Å². The molecular formula is C9H17N5O. The van der Waals surface area contributed by atoms with Crippen LogP contribution in [0.3, 0.4) is 0 Å². The van der Waals surface area contributed by atoms with Gasteiger partial charge in [0.15, 0.2) is 0 Å². The molecule has 6 heteroatoms. The Morgan fingerprint density at radius 2 is 2.47 bits per heavy atom. The van der Waals surface area contributed by atoms with Crippen LogP contribution in [0.4, 0.5) is 0 Å². The minimum Gasteiger partial charge on any atom is -0.347 e. The van der Waals surface area contributed by atoms with Crippen LogP contribution in [-0.4, -0.2) is 27.1 Å². The quantitative estimate of drug-likeness (QED) is 0.628. The van der Waals surface area contributed by atoms with Crippen molar-refractivity contribution in [3.8, 4) is 0 Å². The van der Waals surface area contributed by atoms with Crippen molar-refractivity contribution < 1.29 is 4.79 Å². The molecule has 15 heavy (non-hydrogen) atoms. The number of H-pyrrole nitrogens is 1. The summed E-state index contributed by atoms with van der Waals surface area (Å²) < 4.78 is 0. The van der Waals surface area contributed by atoms with Crippen LogP contribution in [0, 0.1) is 5.92 Å². The molecule has 84 valence electrons. The van der Waals surface area contributed by atoms with Gasteiger partial charge in [-0.05, 0) is 5.92 Å². The molecular weight excluding hydrogens is 194 g/mol. The number of aromatic nitrogens is 3. The summed E-state index contributed by atoms with van der Waals surface area (Å²) in [7, 11) is 0. The van der Waals surface area contributed by atoms with Crippen molar-refractivity contribution in [3.05, 3.63) is 12.2 Å². The van der Waals surface area contributed by atoms with Gasteiger partial charge >= 0.3 is 0 Å². The van der Waals surface area contributed by atoms with Crippen molar-refractivity contribution in [2.24, 2.45) is 11.7 Å². The first kappa shape index (κ1) is 11.6. The van der Waals surface area contributed by atoms with Crippen LogP contribution >= 0.6 is 0 Å². The Morgan fingerprint density at radius 3 is 3.00 bits per heavy atom. The fraction of sp³-hybridized carbons (Fsp3) is 0.667. The van der Waals surface area contributed by atoms with Crippen LogP contribution in [0.25, 0.3) is 0 Å². The molecule has 1 aromatic heterocycles. The summed E-state index contributed by atoms with van der Waals surface area (Å²) in [5.74, 6) is 0.653. The Labute approximate surface area is 88.7 Å². The third-order valence-electron chi connectivity index (χ3n) is 2.45. The minimum absolute atomic E-state index is 0.152. The summed E-state index contributed by atoms with van der Waals surface area (Å²) in [5.41, 5.74) is 5.75. The van der Waals surface area contributed by atoms with E-state index in [4.69, 9.17) is 5.73 Å². The van der Waals surface area contributed by atoms with Gasteiger partial charge < -0.3 is 11.1 Å². The maximum Gasteiger partial charge on any atom is 0.237 e. The van der Waals surface area contributed by atoms with Gasteiger partial charge in [-0.25, -0.2) is 4.98 Å². The largest absolute Gasteiger partial charge is 0.347 e. The molecule has 1 aromatic rings. The minimum atomic E-state index is -0.460. The molecule has 0 radical (unpaired) electrons. The van der Waals surface area contributed by atoms with Gasteiger partial charge in [0.05, 0.1) is 12.6 Å². The lowest BCUT2D eigenvalue weighted by Gasteiger charge is -2.17. The number of hydrogen-bond donors (Lipinski definition) is 3. The first-order chi connectivity index (χ1) is 7.15. The van der Waals surface area contributed by atoms with Crippen molar-refractivity contribution in [2.45, 2.75) is 32.9 Å². The van der Waals surface area contributed by atoms with Crippen molar-refractivity contribution in [2.75, 3.05) is 0 Å². The average Bonchev–Trinajstić information content (AvgIpc) is 2.76. The number of carbonyl (C=O) groups excluding carboxylic acids is 1. The Kier molecular flexibility index (Phi) is 4.23. The van der Waals surface area contributed by atoms with E-state index in [1.54, 1.807) is 0 Å². The summed E-state index contributed by atoms with van der Waals surface area (Å²) in [6.07, 6.45) is 2.28. The van der Waals surface area contributed by atoms with Gasteiger partial charge in [0.25, 0.3) is 0 Å². The second-order valence-corrected chi connectivity index (χ2v) is 3.56. The SMILES string of the molecule is CC[C@H](C)[C@H](N)C(=O)NCc1ncn[nH]1. The lowest BCUT2D eigenvalue weighted by Crippen LogP contribution is -2.44. The summed E-state index contributed by atoms with van der Waals surface area (Å²) >= 11 is 0. The zero-order valence-corrected chi connectivity index (χ0v) is 9.03. The van der Waals surface area contributed by atoms with E-state index in [-0.39, 0.29) is 11.8 Å². The number of rotatable bonds is 5. The fourth-order valence-corrected chi connectivity index (χ4v) is 1.12. The van der Waals surface area contributed by atoms with E-state index in [0.29, 0.717) is 12.4 Å². The van der Waals surface area contributed by atoms with Crippen molar-refractivity contribution in [1.82, 2.24) is 20.5 Å². The first-order valence-corrected chi connectivity index (χ1v) is 5.02. The Hall–Kier alpha value is -1.43. The molecule has 0 saturated heterocycles. The molecule has 0 fully saturated rings. The van der Waals surface area contributed by atoms with Gasteiger partial charge in [-0.2, -0.15) is 5.10 Å². The Balaban J connectivity index is 2.36. The molecule has 4 N–H and O–H groups in total. The summed E-state index contributed by atoms with van der Waals surface area (Å²) in [5, 5.41) is 9.04. The molecule has 0 aliphatic heterocycles. The molecule has 0 aromatic carbocycles. The number of nitrogens with one attached hydrogen (secondary N) is 2. The summed E-state index contributed by atoms with van der Waals surface area (Å²) in [4.78, 5) is 15.4. The van der Waals surface area contributed by atoms with Crippen LogP contribution in [0.2, 0.25) is 0 Å². The third-order valence-corrected chi connectivity index (χ3v) is 2.45. The van der Waals surface area contributed by atoms with E-state index < -0.39 is 6.04 Å². The number of carbonyl (C=O) groups is 1. The average molecular weight is 211 g/mol. The van der Waals surface area contributed by atoms with E-state index in [1.807, 2.05) is 13.8 Å². The van der Waals surface area contributed by atoms with Gasteiger partial charge in [-0.3, -0.25) is 9.89 Å². The number of hydrogen-bond acceptors (Lipinski definition) is 4. The van der Waals surface area contributed by atoms with Gasteiger partial charge in [-0.1, -0.05) is 20.3 Å². The maximum atomic E-state index is 11.5. The van der Waals surface area contributed by atoms with Crippen molar-refractivity contribution >= 4 is 5.91 Å².